The van der Waals surface area contributed by atoms with Crippen LogP contribution in [0.4, 0.5) is 0 Å². The van der Waals surface area contributed by atoms with Crippen LogP contribution in [0.5, 0.6) is 0 Å². The second-order valence-electron chi connectivity index (χ2n) is 6.47. The topological polar surface area (TPSA) is 29.3 Å². The largest absolute Gasteiger partial charge is 0.329 e. The van der Waals surface area contributed by atoms with Crippen LogP contribution in [0.25, 0.3) is 0 Å². The van der Waals surface area contributed by atoms with E-state index in [2.05, 4.69) is 80.7 Å². The van der Waals surface area contributed by atoms with Crippen molar-refractivity contribution in [3.8, 4) is 0 Å². The maximum Gasteiger partial charge on any atom is 0.0470 e. The molecule has 2 atom stereocenters. The summed E-state index contributed by atoms with van der Waals surface area (Å²) in [5.74, 6) is 0. The maximum atomic E-state index is 6.02. The summed E-state index contributed by atoms with van der Waals surface area (Å²) < 4.78 is 1.15. The molecule has 0 saturated heterocycles. The third-order valence-electron chi connectivity index (χ3n) is 4.16. The number of benzene rings is 1. The molecule has 0 amide bonds. The van der Waals surface area contributed by atoms with Crippen LogP contribution in [-0.4, -0.2) is 24.5 Å². The quantitative estimate of drug-likeness (QED) is 0.901. The van der Waals surface area contributed by atoms with Crippen molar-refractivity contribution in [2.24, 2.45) is 11.1 Å². The lowest BCUT2D eigenvalue weighted by Crippen LogP contribution is -2.43. The van der Waals surface area contributed by atoms with E-state index in [9.17, 15) is 0 Å². The van der Waals surface area contributed by atoms with Gasteiger partial charge < -0.3 is 5.73 Å². The van der Waals surface area contributed by atoms with Gasteiger partial charge in [0.15, 0.2) is 0 Å². The molecule has 0 aliphatic heterocycles. The number of hydrogen-bond donors (Lipinski definition) is 1. The normalized spacial score (nSPS) is 15.6. The molecule has 19 heavy (non-hydrogen) atoms. The average Bonchev–Trinajstić information content (AvgIpc) is 2.32. The van der Waals surface area contributed by atoms with Crippen molar-refractivity contribution in [1.29, 1.82) is 0 Å². The van der Waals surface area contributed by atoms with E-state index < -0.39 is 0 Å². The number of likely N-dealkylation sites (N-methyl/N-ethyl adjacent to an activating group) is 1. The fourth-order valence-corrected chi connectivity index (χ4v) is 2.63. The van der Waals surface area contributed by atoms with Gasteiger partial charge >= 0.3 is 0 Å². The van der Waals surface area contributed by atoms with Crippen molar-refractivity contribution in [1.82, 2.24) is 4.90 Å². The van der Waals surface area contributed by atoms with Gasteiger partial charge in [0.25, 0.3) is 0 Å². The number of nitrogens with zero attached hydrogens (tertiary/aromatic N) is 1. The Kier molecular flexibility index (Phi) is 5.60. The van der Waals surface area contributed by atoms with Gasteiger partial charge in [-0.3, -0.25) is 4.90 Å². The highest BCUT2D eigenvalue weighted by atomic mass is 79.9. The summed E-state index contributed by atoms with van der Waals surface area (Å²) in [5.41, 5.74) is 8.79. The zero-order valence-corrected chi connectivity index (χ0v) is 14.6. The van der Waals surface area contributed by atoms with Crippen molar-refractivity contribution in [3.05, 3.63) is 33.8 Å². The van der Waals surface area contributed by atoms with Crippen LogP contribution < -0.4 is 5.73 Å². The lowest BCUT2D eigenvalue weighted by atomic mass is 9.86. The molecule has 0 aliphatic rings. The third kappa shape index (κ3) is 4.04. The summed E-state index contributed by atoms with van der Waals surface area (Å²) in [5, 5.41) is 0. The Bertz CT molecular complexity index is 423. The van der Waals surface area contributed by atoms with Gasteiger partial charge in [-0.05, 0) is 43.5 Å². The van der Waals surface area contributed by atoms with Crippen LogP contribution in [0.15, 0.2) is 22.7 Å². The van der Waals surface area contributed by atoms with E-state index in [1.165, 1.54) is 11.1 Å². The minimum atomic E-state index is 0.240. The van der Waals surface area contributed by atoms with E-state index in [-0.39, 0.29) is 11.5 Å². The molecule has 0 fully saturated rings. The third-order valence-corrected chi connectivity index (χ3v) is 5.01. The van der Waals surface area contributed by atoms with Gasteiger partial charge in [0.05, 0.1) is 0 Å². The van der Waals surface area contributed by atoms with Crippen molar-refractivity contribution in [2.45, 2.75) is 46.7 Å². The highest BCUT2D eigenvalue weighted by molar-refractivity contribution is 9.10. The summed E-state index contributed by atoms with van der Waals surface area (Å²) in [6.07, 6.45) is 0. The van der Waals surface area contributed by atoms with Crippen LogP contribution in [0.2, 0.25) is 0 Å². The Labute approximate surface area is 126 Å². The number of hydrogen-bond acceptors (Lipinski definition) is 2. The number of nitrogens with two attached hydrogens (primary N) is 1. The molecular formula is C16H27BrN2. The molecule has 0 saturated carbocycles. The minimum Gasteiger partial charge on any atom is -0.329 e. The zero-order valence-electron chi connectivity index (χ0n) is 13.0. The van der Waals surface area contributed by atoms with Gasteiger partial charge in [-0.2, -0.15) is 0 Å². The SMILES string of the molecule is Cc1ccc(C(CN)N(C)C(C)C(C)(C)C)cc1Br. The minimum absolute atomic E-state index is 0.240. The van der Waals surface area contributed by atoms with Crippen molar-refractivity contribution < 1.29 is 0 Å². The Hall–Kier alpha value is -0.380. The van der Waals surface area contributed by atoms with Crippen molar-refractivity contribution >= 4 is 15.9 Å². The van der Waals surface area contributed by atoms with Crippen molar-refractivity contribution in [2.75, 3.05) is 13.6 Å². The van der Waals surface area contributed by atoms with Gasteiger partial charge in [-0.25, -0.2) is 0 Å². The molecule has 0 bridgehead atoms. The Morgan fingerprint density at radius 1 is 1.32 bits per heavy atom. The molecule has 2 nitrogen and oxygen atoms in total. The Morgan fingerprint density at radius 3 is 2.32 bits per heavy atom. The van der Waals surface area contributed by atoms with Gasteiger partial charge in [-0.15, -0.1) is 0 Å². The second-order valence-corrected chi connectivity index (χ2v) is 7.32. The summed E-state index contributed by atoms with van der Waals surface area (Å²) in [4.78, 5) is 2.39. The molecule has 0 radical (unpaired) electrons. The molecule has 108 valence electrons. The molecule has 1 rings (SSSR count). The smallest absolute Gasteiger partial charge is 0.0470 e. The van der Waals surface area contributed by atoms with Crippen LogP contribution >= 0.6 is 15.9 Å². The van der Waals surface area contributed by atoms with Crippen LogP contribution in [-0.2, 0) is 0 Å². The summed E-state index contributed by atoms with van der Waals surface area (Å²) in [6, 6.07) is 7.24. The van der Waals surface area contributed by atoms with Crippen LogP contribution in [0.1, 0.15) is 44.9 Å². The predicted octanol–water partition coefficient (Wildman–Crippen LogP) is 4.12. The van der Waals surface area contributed by atoms with E-state index >= 15 is 0 Å². The molecule has 3 heteroatoms. The lowest BCUT2D eigenvalue weighted by molar-refractivity contribution is 0.100. The Morgan fingerprint density at radius 2 is 1.89 bits per heavy atom. The van der Waals surface area contributed by atoms with Gasteiger partial charge in [0.2, 0.25) is 0 Å². The number of aryl methyl sites for hydroxylation is 1. The summed E-state index contributed by atoms with van der Waals surface area (Å²) >= 11 is 3.61. The van der Waals surface area contributed by atoms with Gasteiger partial charge in [0, 0.05) is 23.1 Å². The lowest BCUT2D eigenvalue weighted by Gasteiger charge is -2.40. The Balaban J connectivity index is 3.03. The van der Waals surface area contributed by atoms with E-state index in [1.807, 2.05) is 0 Å². The first-order valence-electron chi connectivity index (χ1n) is 6.86. The van der Waals surface area contributed by atoms with Gasteiger partial charge in [0.1, 0.15) is 0 Å². The van der Waals surface area contributed by atoms with Gasteiger partial charge in [-0.1, -0.05) is 48.8 Å². The number of rotatable bonds is 4. The predicted molar refractivity (Wildman–Crippen MR) is 87.4 cm³/mol. The molecule has 0 aliphatic carbocycles. The summed E-state index contributed by atoms with van der Waals surface area (Å²) in [6.45, 7) is 11.8. The first kappa shape index (κ1) is 16.7. The zero-order chi connectivity index (χ0) is 14.8. The fraction of sp³-hybridized carbons (Fsp3) is 0.625. The standard InChI is InChI=1S/C16H27BrN2/c1-11-7-8-13(9-14(11)17)15(10-18)19(6)12(2)16(3,4)5/h7-9,12,15H,10,18H2,1-6H3. The molecule has 2 unspecified atom stereocenters. The van der Waals surface area contributed by atoms with E-state index in [0.29, 0.717) is 12.6 Å². The van der Waals surface area contributed by atoms with E-state index in [0.717, 1.165) is 4.47 Å². The maximum absolute atomic E-state index is 6.02. The molecule has 1 aromatic rings. The second kappa shape index (κ2) is 6.38. The van der Waals surface area contributed by atoms with E-state index in [4.69, 9.17) is 5.73 Å². The van der Waals surface area contributed by atoms with E-state index in [1.54, 1.807) is 0 Å². The number of halogens is 1. The first-order valence-corrected chi connectivity index (χ1v) is 7.65. The summed E-state index contributed by atoms with van der Waals surface area (Å²) in [7, 11) is 2.17. The average molecular weight is 327 g/mol. The van der Waals surface area contributed by atoms with Crippen LogP contribution in [0.3, 0.4) is 0 Å². The monoisotopic (exact) mass is 326 g/mol. The van der Waals surface area contributed by atoms with Crippen molar-refractivity contribution in [3.63, 3.8) is 0 Å². The fourth-order valence-electron chi connectivity index (χ4n) is 2.23. The molecule has 0 spiro atoms. The molecule has 2 N–H and O–H groups in total. The molecule has 0 heterocycles. The molecule has 0 aromatic heterocycles. The molecular weight excluding hydrogens is 300 g/mol. The molecule has 1 aromatic carbocycles. The highest BCUT2D eigenvalue weighted by Crippen LogP contribution is 2.31. The highest BCUT2D eigenvalue weighted by Gasteiger charge is 2.28. The van der Waals surface area contributed by atoms with Crippen LogP contribution in [0, 0.1) is 12.3 Å². The first-order chi connectivity index (χ1) is 8.68.